The number of rotatable bonds is 8. The average molecular weight is 363 g/mol. The Morgan fingerprint density at radius 3 is 2.68 bits per heavy atom. The number of methoxy groups -OCH3 is 1. The molecule has 0 fully saturated rings. The maximum absolute atomic E-state index is 11.7. The van der Waals surface area contributed by atoms with Gasteiger partial charge >= 0.3 is 0 Å². The van der Waals surface area contributed by atoms with Gasteiger partial charge in [-0.1, -0.05) is 23.7 Å². The zero-order chi connectivity index (χ0) is 18.1. The van der Waals surface area contributed by atoms with E-state index in [4.69, 9.17) is 25.8 Å². The van der Waals surface area contributed by atoms with Crippen molar-refractivity contribution in [2.24, 2.45) is 5.10 Å². The van der Waals surface area contributed by atoms with Gasteiger partial charge in [-0.3, -0.25) is 4.79 Å². The third-order valence-electron chi connectivity index (χ3n) is 3.09. The SMILES string of the molecule is CCOc1ccc(C=NNC(=O)COc2ccccc2Cl)cc1OC. The first kappa shape index (κ1) is 18.6. The summed E-state index contributed by atoms with van der Waals surface area (Å²) in [5.74, 6) is 1.30. The van der Waals surface area contributed by atoms with Crippen LogP contribution in [0.1, 0.15) is 12.5 Å². The minimum atomic E-state index is -0.394. The summed E-state index contributed by atoms with van der Waals surface area (Å²) in [6, 6.07) is 12.3. The quantitative estimate of drug-likeness (QED) is 0.578. The van der Waals surface area contributed by atoms with Gasteiger partial charge in [-0.2, -0.15) is 5.10 Å². The summed E-state index contributed by atoms with van der Waals surface area (Å²) in [5.41, 5.74) is 3.15. The van der Waals surface area contributed by atoms with E-state index < -0.39 is 5.91 Å². The van der Waals surface area contributed by atoms with Crippen molar-refractivity contribution in [3.63, 3.8) is 0 Å². The standard InChI is InChI=1S/C18H19ClN2O4/c1-3-24-16-9-8-13(10-17(16)23-2)11-20-21-18(22)12-25-15-7-5-4-6-14(15)19/h4-11H,3,12H2,1-2H3,(H,21,22). The van der Waals surface area contributed by atoms with Crippen molar-refractivity contribution in [1.82, 2.24) is 5.43 Å². The molecule has 1 amide bonds. The van der Waals surface area contributed by atoms with E-state index in [1.54, 1.807) is 43.5 Å². The lowest BCUT2D eigenvalue weighted by Gasteiger charge is -2.09. The van der Waals surface area contributed by atoms with Crippen LogP contribution in [0.4, 0.5) is 0 Å². The normalized spacial score (nSPS) is 10.5. The molecule has 0 aliphatic rings. The van der Waals surface area contributed by atoms with Gasteiger partial charge in [0, 0.05) is 0 Å². The first-order valence-electron chi connectivity index (χ1n) is 7.64. The van der Waals surface area contributed by atoms with E-state index in [0.717, 1.165) is 5.56 Å². The first-order valence-corrected chi connectivity index (χ1v) is 8.02. The van der Waals surface area contributed by atoms with Crippen molar-refractivity contribution in [3.8, 4) is 17.2 Å². The Morgan fingerprint density at radius 2 is 1.96 bits per heavy atom. The number of hydrazone groups is 1. The highest BCUT2D eigenvalue weighted by Crippen LogP contribution is 2.27. The second-order valence-electron chi connectivity index (χ2n) is 4.86. The van der Waals surface area contributed by atoms with E-state index in [0.29, 0.717) is 28.9 Å². The predicted octanol–water partition coefficient (Wildman–Crippen LogP) is 3.28. The van der Waals surface area contributed by atoms with Gasteiger partial charge in [0.1, 0.15) is 5.75 Å². The molecule has 0 spiro atoms. The number of halogens is 1. The topological polar surface area (TPSA) is 69.2 Å². The van der Waals surface area contributed by atoms with E-state index in [9.17, 15) is 4.79 Å². The molecule has 0 saturated carbocycles. The van der Waals surface area contributed by atoms with Crippen LogP contribution >= 0.6 is 11.6 Å². The Hall–Kier alpha value is -2.73. The molecular weight excluding hydrogens is 344 g/mol. The fourth-order valence-corrected chi connectivity index (χ4v) is 2.15. The van der Waals surface area contributed by atoms with Crippen molar-refractivity contribution in [3.05, 3.63) is 53.1 Å². The summed E-state index contributed by atoms with van der Waals surface area (Å²) in [6.07, 6.45) is 1.51. The molecule has 132 valence electrons. The molecule has 0 aliphatic heterocycles. The maximum Gasteiger partial charge on any atom is 0.277 e. The van der Waals surface area contributed by atoms with Gasteiger partial charge in [0.05, 0.1) is 25.0 Å². The Morgan fingerprint density at radius 1 is 1.16 bits per heavy atom. The van der Waals surface area contributed by atoms with Crippen molar-refractivity contribution >= 4 is 23.7 Å². The van der Waals surface area contributed by atoms with E-state index in [1.807, 2.05) is 13.0 Å². The summed E-state index contributed by atoms with van der Waals surface area (Å²) < 4.78 is 16.0. The second kappa shape index (κ2) is 9.54. The predicted molar refractivity (Wildman–Crippen MR) is 96.8 cm³/mol. The van der Waals surface area contributed by atoms with E-state index in [-0.39, 0.29) is 6.61 Å². The lowest BCUT2D eigenvalue weighted by molar-refractivity contribution is -0.123. The van der Waals surface area contributed by atoms with Crippen molar-refractivity contribution in [1.29, 1.82) is 0 Å². The molecule has 7 heteroatoms. The van der Waals surface area contributed by atoms with Crippen LogP contribution < -0.4 is 19.6 Å². The molecule has 0 aliphatic carbocycles. The van der Waals surface area contributed by atoms with Crippen molar-refractivity contribution in [2.75, 3.05) is 20.3 Å². The molecule has 0 saturated heterocycles. The number of carbonyl (C=O) groups excluding carboxylic acids is 1. The number of para-hydroxylation sites is 1. The zero-order valence-corrected chi connectivity index (χ0v) is 14.7. The number of amides is 1. The lowest BCUT2D eigenvalue weighted by Crippen LogP contribution is -2.24. The third-order valence-corrected chi connectivity index (χ3v) is 3.40. The van der Waals surface area contributed by atoms with E-state index in [2.05, 4.69) is 10.5 Å². The minimum Gasteiger partial charge on any atom is -0.493 e. The van der Waals surface area contributed by atoms with Gasteiger partial charge in [-0.05, 0) is 42.8 Å². The summed E-state index contributed by atoms with van der Waals surface area (Å²) in [4.78, 5) is 11.7. The van der Waals surface area contributed by atoms with Crippen LogP contribution in [0.2, 0.25) is 5.02 Å². The summed E-state index contributed by atoms with van der Waals surface area (Å²) in [6.45, 7) is 2.26. The van der Waals surface area contributed by atoms with Gasteiger partial charge in [0.25, 0.3) is 5.91 Å². The smallest absolute Gasteiger partial charge is 0.277 e. The van der Waals surface area contributed by atoms with Gasteiger partial charge < -0.3 is 14.2 Å². The highest BCUT2D eigenvalue weighted by molar-refractivity contribution is 6.32. The molecule has 1 N–H and O–H groups in total. The van der Waals surface area contributed by atoms with Gasteiger partial charge in [0.15, 0.2) is 18.1 Å². The Labute approximate surface area is 151 Å². The van der Waals surface area contributed by atoms with Crippen LogP contribution in [0.5, 0.6) is 17.2 Å². The molecule has 2 aromatic rings. The number of nitrogens with one attached hydrogen (secondary N) is 1. The number of hydrogen-bond acceptors (Lipinski definition) is 5. The molecule has 6 nitrogen and oxygen atoms in total. The number of hydrogen-bond donors (Lipinski definition) is 1. The minimum absolute atomic E-state index is 0.187. The number of carbonyl (C=O) groups is 1. The van der Waals surface area contributed by atoms with Crippen LogP contribution in [0.25, 0.3) is 0 Å². The van der Waals surface area contributed by atoms with Crippen molar-refractivity contribution in [2.45, 2.75) is 6.92 Å². The van der Waals surface area contributed by atoms with E-state index >= 15 is 0 Å². The highest BCUT2D eigenvalue weighted by atomic mass is 35.5. The fourth-order valence-electron chi connectivity index (χ4n) is 1.96. The molecule has 0 aromatic heterocycles. The molecule has 0 bridgehead atoms. The van der Waals surface area contributed by atoms with Crippen LogP contribution in [-0.2, 0) is 4.79 Å². The molecule has 0 atom stereocenters. The van der Waals surface area contributed by atoms with Crippen LogP contribution in [0, 0.1) is 0 Å². The molecule has 0 radical (unpaired) electrons. The van der Waals surface area contributed by atoms with Gasteiger partial charge in [-0.15, -0.1) is 0 Å². The van der Waals surface area contributed by atoms with Crippen LogP contribution in [0.3, 0.4) is 0 Å². The second-order valence-corrected chi connectivity index (χ2v) is 5.26. The monoisotopic (exact) mass is 362 g/mol. The molecular formula is C18H19ClN2O4. The van der Waals surface area contributed by atoms with Crippen LogP contribution in [-0.4, -0.2) is 32.4 Å². The first-order chi connectivity index (χ1) is 12.1. The van der Waals surface area contributed by atoms with E-state index in [1.165, 1.54) is 6.21 Å². The lowest BCUT2D eigenvalue weighted by atomic mass is 10.2. The number of benzene rings is 2. The largest absolute Gasteiger partial charge is 0.493 e. The molecule has 0 unspecified atom stereocenters. The summed E-state index contributed by atoms with van der Waals surface area (Å²) in [5, 5.41) is 4.34. The fraction of sp³-hybridized carbons (Fsp3) is 0.222. The number of ether oxygens (including phenoxy) is 3. The summed E-state index contributed by atoms with van der Waals surface area (Å²) in [7, 11) is 1.56. The summed E-state index contributed by atoms with van der Waals surface area (Å²) >= 11 is 5.95. The maximum atomic E-state index is 11.7. The van der Waals surface area contributed by atoms with Crippen molar-refractivity contribution < 1.29 is 19.0 Å². The average Bonchev–Trinajstić information content (AvgIpc) is 2.62. The molecule has 2 aromatic carbocycles. The van der Waals surface area contributed by atoms with Gasteiger partial charge in [0.2, 0.25) is 0 Å². The number of nitrogens with zero attached hydrogens (tertiary/aromatic N) is 1. The molecule has 0 heterocycles. The zero-order valence-electron chi connectivity index (χ0n) is 14.0. The Balaban J connectivity index is 1.87. The molecule has 25 heavy (non-hydrogen) atoms. The Bertz CT molecular complexity index is 750. The van der Waals surface area contributed by atoms with Gasteiger partial charge in [-0.25, -0.2) is 5.43 Å². The van der Waals surface area contributed by atoms with Crippen LogP contribution in [0.15, 0.2) is 47.6 Å². The third kappa shape index (κ3) is 5.69. The molecule has 2 rings (SSSR count). The Kier molecular flexibility index (Phi) is 7.10. The highest BCUT2D eigenvalue weighted by Gasteiger charge is 2.05.